The van der Waals surface area contributed by atoms with Crippen LogP contribution in [0.15, 0.2) is 53.1 Å². The van der Waals surface area contributed by atoms with Gasteiger partial charge in [-0.25, -0.2) is 4.79 Å². The van der Waals surface area contributed by atoms with Gasteiger partial charge in [0.1, 0.15) is 5.56 Å². The van der Waals surface area contributed by atoms with Gasteiger partial charge in [0, 0.05) is 11.6 Å². The van der Waals surface area contributed by atoms with Crippen LogP contribution in [0.5, 0.6) is 0 Å². The Bertz CT molecular complexity index is 941. The summed E-state index contributed by atoms with van der Waals surface area (Å²) in [6.07, 6.45) is 0. The lowest BCUT2D eigenvalue weighted by Gasteiger charge is -2.02. The van der Waals surface area contributed by atoms with Gasteiger partial charge in [-0.1, -0.05) is 41.0 Å². The van der Waals surface area contributed by atoms with Crippen molar-refractivity contribution < 1.29 is 19.0 Å². The van der Waals surface area contributed by atoms with Gasteiger partial charge in [0.15, 0.2) is 6.61 Å². The molecule has 0 bridgehead atoms. The van der Waals surface area contributed by atoms with Gasteiger partial charge in [0.05, 0.1) is 9.95 Å². The van der Waals surface area contributed by atoms with E-state index < -0.39 is 10.9 Å². The van der Waals surface area contributed by atoms with Crippen molar-refractivity contribution in [1.82, 2.24) is 10.1 Å². The van der Waals surface area contributed by atoms with E-state index in [1.165, 1.54) is 24.3 Å². The van der Waals surface area contributed by atoms with Crippen LogP contribution in [0.3, 0.4) is 0 Å². The van der Waals surface area contributed by atoms with Crippen LogP contribution in [0, 0.1) is 10.1 Å². The highest BCUT2D eigenvalue weighted by atomic mass is 35.5. The number of para-hydroxylation sites is 1. The molecule has 3 aromatic rings. The molecule has 0 amide bonds. The number of nitro benzene ring substituents is 1. The highest BCUT2D eigenvalue weighted by molar-refractivity contribution is 6.33. The largest absolute Gasteiger partial charge is 0.452 e. The van der Waals surface area contributed by atoms with Crippen LogP contribution >= 0.6 is 11.6 Å². The lowest BCUT2D eigenvalue weighted by Crippen LogP contribution is -2.08. The van der Waals surface area contributed by atoms with Crippen LogP contribution < -0.4 is 0 Å². The van der Waals surface area contributed by atoms with Crippen LogP contribution in [0.2, 0.25) is 5.02 Å². The van der Waals surface area contributed by atoms with Gasteiger partial charge in [-0.2, -0.15) is 4.98 Å². The number of nitrogens with zero attached hydrogens (tertiary/aromatic N) is 3. The normalized spacial score (nSPS) is 10.4. The molecule has 1 heterocycles. The van der Waals surface area contributed by atoms with Gasteiger partial charge in [-0.05, 0) is 18.2 Å². The van der Waals surface area contributed by atoms with Gasteiger partial charge in [0.25, 0.3) is 11.6 Å². The van der Waals surface area contributed by atoms with E-state index in [1.54, 1.807) is 24.3 Å². The molecule has 0 aliphatic rings. The second-order valence-corrected chi connectivity index (χ2v) is 5.25. The van der Waals surface area contributed by atoms with Crippen molar-refractivity contribution in [3.63, 3.8) is 0 Å². The number of hydrogen-bond acceptors (Lipinski definition) is 7. The zero-order valence-electron chi connectivity index (χ0n) is 12.6. The van der Waals surface area contributed by atoms with Gasteiger partial charge in [0.2, 0.25) is 5.82 Å². The minimum Gasteiger partial charge on any atom is -0.452 e. The van der Waals surface area contributed by atoms with E-state index >= 15 is 0 Å². The van der Waals surface area contributed by atoms with Crippen LogP contribution in [0.1, 0.15) is 16.2 Å². The van der Waals surface area contributed by atoms with Crippen molar-refractivity contribution >= 4 is 23.3 Å². The second-order valence-electron chi connectivity index (χ2n) is 4.84. The average Bonchev–Trinajstić information content (AvgIpc) is 3.08. The number of nitro groups is 1. The molecular weight excluding hydrogens is 350 g/mol. The number of carbonyl (C=O) groups is 1. The number of ether oxygens (including phenoxy) is 1. The number of carbonyl (C=O) groups excluding carboxylic acids is 1. The fourth-order valence-electron chi connectivity index (χ4n) is 2.08. The molecule has 0 saturated heterocycles. The van der Waals surface area contributed by atoms with Crippen LogP contribution in [0.4, 0.5) is 5.69 Å². The minimum absolute atomic E-state index is 0.0434. The molecular formula is C16H10ClN3O5. The molecule has 8 nitrogen and oxygen atoms in total. The summed E-state index contributed by atoms with van der Waals surface area (Å²) in [5, 5.41) is 15.2. The van der Waals surface area contributed by atoms with E-state index in [2.05, 4.69) is 10.1 Å². The van der Waals surface area contributed by atoms with Crippen LogP contribution in [-0.2, 0) is 11.3 Å². The summed E-state index contributed by atoms with van der Waals surface area (Å²) < 4.78 is 10.0. The van der Waals surface area contributed by atoms with E-state index in [0.29, 0.717) is 10.6 Å². The zero-order valence-corrected chi connectivity index (χ0v) is 13.3. The monoisotopic (exact) mass is 359 g/mol. The number of aromatic nitrogens is 2. The highest BCUT2D eigenvalue weighted by Crippen LogP contribution is 2.25. The SMILES string of the molecule is O=C(OCc1nc(-c2ccccc2Cl)no1)c1ccccc1[N+](=O)[O-]. The van der Waals surface area contributed by atoms with E-state index in [9.17, 15) is 14.9 Å². The summed E-state index contributed by atoms with van der Waals surface area (Å²) in [5.74, 6) is -0.561. The average molecular weight is 360 g/mol. The summed E-state index contributed by atoms with van der Waals surface area (Å²) in [4.78, 5) is 26.4. The second kappa shape index (κ2) is 7.10. The Labute approximate surface area is 146 Å². The molecule has 2 aromatic carbocycles. The molecule has 1 aromatic heterocycles. The Morgan fingerprint density at radius 1 is 1.20 bits per heavy atom. The molecule has 126 valence electrons. The third-order valence-electron chi connectivity index (χ3n) is 3.23. The van der Waals surface area contributed by atoms with Crippen LogP contribution in [-0.4, -0.2) is 21.0 Å². The van der Waals surface area contributed by atoms with Crippen molar-refractivity contribution in [2.45, 2.75) is 6.61 Å². The Hall–Kier alpha value is -3.26. The summed E-state index contributed by atoms with van der Waals surface area (Å²) in [6.45, 7) is -0.317. The summed E-state index contributed by atoms with van der Waals surface area (Å²) in [5.41, 5.74) is 0.0809. The first-order chi connectivity index (χ1) is 12.1. The predicted octanol–water partition coefficient (Wildman–Crippen LogP) is 3.66. The summed E-state index contributed by atoms with van der Waals surface area (Å²) in [7, 11) is 0. The molecule has 9 heteroatoms. The molecule has 0 atom stereocenters. The van der Waals surface area contributed by atoms with Gasteiger partial charge >= 0.3 is 5.97 Å². The highest BCUT2D eigenvalue weighted by Gasteiger charge is 2.21. The Balaban J connectivity index is 1.72. The number of benzene rings is 2. The molecule has 0 fully saturated rings. The molecule has 3 rings (SSSR count). The quantitative estimate of drug-likeness (QED) is 0.388. The molecule has 0 N–H and O–H groups in total. The third-order valence-corrected chi connectivity index (χ3v) is 3.56. The van der Waals surface area contributed by atoms with E-state index in [4.69, 9.17) is 20.9 Å². The van der Waals surface area contributed by atoms with E-state index in [-0.39, 0.29) is 29.6 Å². The van der Waals surface area contributed by atoms with Crippen molar-refractivity contribution in [3.05, 3.63) is 75.1 Å². The summed E-state index contributed by atoms with van der Waals surface area (Å²) in [6, 6.07) is 12.4. The number of halogens is 1. The van der Waals surface area contributed by atoms with Crippen molar-refractivity contribution in [3.8, 4) is 11.4 Å². The maximum atomic E-state index is 12.0. The molecule has 0 aliphatic carbocycles. The van der Waals surface area contributed by atoms with E-state index in [1.807, 2.05) is 0 Å². The maximum Gasteiger partial charge on any atom is 0.345 e. The molecule has 25 heavy (non-hydrogen) atoms. The van der Waals surface area contributed by atoms with Crippen molar-refractivity contribution in [2.24, 2.45) is 0 Å². The predicted molar refractivity (Wildman–Crippen MR) is 87.0 cm³/mol. The van der Waals surface area contributed by atoms with Gasteiger partial charge < -0.3 is 9.26 Å². The molecule has 0 saturated carbocycles. The van der Waals surface area contributed by atoms with E-state index in [0.717, 1.165) is 0 Å². The van der Waals surface area contributed by atoms with Crippen LogP contribution in [0.25, 0.3) is 11.4 Å². The standard InChI is InChI=1S/C16H10ClN3O5/c17-12-7-3-1-5-10(12)15-18-14(25-19-15)9-24-16(21)11-6-2-4-8-13(11)20(22)23/h1-8H,9H2. The first kappa shape index (κ1) is 16.6. The lowest BCUT2D eigenvalue weighted by molar-refractivity contribution is -0.385. The van der Waals surface area contributed by atoms with Gasteiger partial charge in [-0.15, -0.1) is 0 Å². The lowest BCUT2D eigenvalue weighted by atomic mass is 10.2. The molecule has 0 aliphatic heterocycles. The maximum absolute atomic E-state index is 12.0. The Kier molecular flexibility index (Phi) is 4.71. The number of rotatable bonds is 5. The first-order valence-electron chi connectivity index (χ1n) is 7.04. The molecule has 0 radical (unpaired) electrons. The fourth-order valence-corrected chi connectivity index (χ4v) is 2.30. The summed E-state index contributed by atoms with van der Waals surface area (Å²) >= 11 is 6.05. The number of esters is 1. The number of hydrogen-bond donors (Lipinski definition) is 0. The smallest absolute Gasteiger partial charge is 0.345 e. The van der Waals surface area contributed by atoms with Crippen molar-refractivity contribution in [1.29, 1.82) is 0 Å². The topological polar surface area (TPSA) is 108 Å². The van der Waals surface area contributed by atoms with Crippen molar-refractivity contribution in [2.75, 3.05) is 0 Å². The van der Waals surface area contributed by atoms with Gasteiger partial charge in [-0.3, -0.25) is 10.1 Å². The zero-order chi connectivity index (χ0) is 17.8. The third kappa shape index (κ3) is 3.64. The fraction of sp³-hybridized carbons (Fsp3) is 0.0625. The Morgan fingerprint density at radius 2 is 1.92 bits per heavy atom. The Morgan fingerprint density at radius 3 is 2.68 bits per heavy atom. The molecule has 0 spiro atoms. The first-order valence-corrected chi connectivity index (χ1v) is 7.42. The molecule has 0 unspecified atom stereocenters. The minimum atomic E-state index is -0.857.